The first-order valence-electron chi connectivity index (χ1n) is 5.52. The molecule has 0 aliphatic carbocycles. The Labute approximate surface area is 94.8 Å². The maximum atomic E-state index is 11.6. The van der Waals surface area contributed by atoms with E-state index in [-0.39, 0.29) is 17.8 Å². The molecular weight excluding hydrogens is 210 g/mol. The highest BCUT2D eigenvalue weighted by Gasteiger charge is 2.19. The number of nitrogens with zero attached hydrogens (tertiary/aromatic N) is 1. The second-order valence-electron chi connectivity index (χ2n) is 4.01. The third-order valence-corrected chi connectivity index (χ3v) is 2.62. The molecule has 1 rings (SSSR count). The molecule has 1 amide bonds. The molecule has 6 nitrogen and oxygen atoms in total. The molecule has 0 aromatic heterocycles. The molecule has 0 spiro atoms. The predicted octanol–water partition coefficient (Wildman–Crippen LogP) is 0.197. The topological polar surface area (TPSA) is 96.9 Å². The Balaban J connectivity index is 2.29. The van der Waals surface area contributed by atoms with Crippen LogP contribution >= 0.6 is 0 Å². The summed E-state index contributed by atoms with van der Waals surface area (Å²) in [5, 5.41) is 13.9. The zero-order valence-electron chi connectivity index (χ0n) is 9.48. The molecule has 2 atom stereocenters. The van der Waals surface area contributed by atoms with Crippen LogP contribution < -0.4 is 11.1 Å². The number of hydrogen-bond donors (Lipinski definition) is 3. The smallest absolute Gasteiger partial charge is 0.223 e. The van der Waals surface area contributed by atoms with Crippen LogP contribution in [0.2, 0.25) is 0 Å². The molecule has 1 heterocycles. The van der Waals surface area contributed by atoms with Gasteiger partial charge in [-0.1, -0.05) is 5.16 Å². The molecule has 0 bridgehead atoms. The fraction of sp³-hybridized carbons (Fsp3) is 0.800. The van der Waals surface area contributed by atoms with Crippen molar-refractivity contribution < 1.29 is 14.7 Å². The highest BCUT2D eigenvalue weighted by molar-refractivity contribution is 5.89. The fourth-order valence-corrected chi connectivity index (χ4v) is 1.64. The van der Waals surface area contributed by atoms with Gasteiger partial charge in [-0.3, -0.25) is 4.79 Å². The lowest BCUT2D eigenvalue weighted by Crippen LogP contribution is -2.43. The average Bonchev–Trinajstić information content (AvgIpc) is 2.29. The molecule has 92 valence electrons. The Morgan fingerprint density at radius 3 is 3.00 bits per heavy atom. The van der Waals surface area contributed by atoms with Crippen LogP contribution in [-0.2, 0) is 9.53 Å². The minimum Gasteiger partial charge on any atom is -0.409 e. The van der Waals surface area contributed by atoms with E-state index < -0.39 is 6.04 Å². The van der Waals surface area contributed by atoms with E-state index in [1.165, 1.54) is 0 Å². The van der Waals surface area contributed by atoms with Crippen molar-refractivity contribution in [3.63, 3.8) is 0 Å². The number of rotatable bonds is 4. The number of nitrogens with two attached hydrogens (primary N) is 1. The number of nitrogens with one attached hydrogen (secondary N) is 1. The van der Waals surface area contributed by atoms with E-state index in [0.29, 0.717) is 6.42 Å². The van der Waals surface area contributed by atoms with Crippen LogP contribution in [0, 0.1) is 0 Å². The van der Waals surface area contributed by atoms with Crippen molar-refractivity contribution in [1.29, 1.82) is 0 Å². The van der Waals surface area contributed by atoms with Gasteiger partial charge in [0.25, 0.3) is 0 Å². The van der Waals surface area contributed by atoms with Crippen LogP contribution in [0.15, 0.2) is 5.16 Å². The molecule has 0 radical (unpaired) electrons. The van der Waals surface area contributed by atoms with Gasteiger partial charge in [0.05, 0.1) is 18.6 Å². The second kappa shape index (κ2) is 6.32. The van der Waals surface area contributed by atoms with E-state index in [4.69, 9.17) is 15.7 Å². The van der Waals surface area contributed by atoms with Gasteiger partial charge < -0.3 is 21.0 Å². The minimum absolute atomic E-state index is 0.00193. The summed E-state index contributed by atoms with van der Waals surface area (Å²) in [5.41, 5.74) is 5.35. The summed E-state index contributed by atoms with van der Waals surface area (Å²) in [5.74, 6) is -0.135. The van der Waals surface area contributed by atoms with Gasteiger partial charge in [0.15, 0.2) is 5.84 Å². The second-order valence-corrected chi connectivity index (χ2v) is 4.01. The van der Waals surface area contributed by atoms with E-state index in [2.05, 4.69) is 10.5 Å². The molecule has 16 heavy (non-hydrogen) atoms. The number of oxime groups is 1. The van der Waals surface area contributed by atoms with Gasteiger partial charge in [-0.2, -0.15) is 0 Å². The highest BCUT2D eigenvalue weighted by Crippen LogP contribution is 2.15. The van der Waals surface area contributed by atoms with E-state index in [0.717, 1.165) is 25.9 Å². The number of amidine groups is 1. The molecule has 4 N–H and O–H groups in total. The summed E-state index contributed by atoms with van der Waals surface area (Å²) in [6, 6.07) is -0.457. The van der Waals surface area contributed by atoms with Gasteiger partial charge >= 0.3 is 0 Å². The highest BCUT2D eigenvalue weighted by atomic mass is 16.5. The van der Waals surface area contributed by atoms with E-state index in [9.17, 15) is 4.79 Å². The molecule has 0 aromatic carbocycles. The van der Waals surface area contributed by atoms with Gasteiger partial charge in [0, 0.05) is 6.61 Å². The Morgan fingerprint density at radius 2 is 2.44 bits per heavy atom. The fourth-order valence-electron chi connectivity index (χ4n) is 1.64. The quantitative estimate of drug-likeness (QED) is 0.277. The van der Waals surface area contributed by atoms with Crippen molar-refractivity contribution in [2.24, 2.45) is 10.9 Å². The Bertz CT molecular complexity index is 262. The lowest BCUT2D eigenvalue weighted by Gasteiger charge is -2.22. The average molecular weight is 229 g/mol. The summed E-state index contributed by atoms with van der Waals surface area (Å²) in [6.07, 6.45) is 3.44. The first-order valence-corrected chi connectivity index (χ1v) is 5.52. The first kappa shape index (κ1) is 12.8. The van der Waals surface area contributed by atoms with Crippen LogP contribution in [0.5, 0.6) is 0 Å². The third kappa shape index (κ3) is 4.06. The van der Waals surface area contributed by atoms with Crippen molar-refractivity contribution in [2.45, 2.75) is 44.8 Å². The summed E-state index contributed by atoms with van der Waals surface area (Å²) in [7, 11) is 0. The van der Waals surface area contributed by atoms with E-state index in [1.807, 2.05) is 0 Å². The lowest BCUT2D eigenvalue weighted by atomic mass is 10.1. The summed E-state index contributed by atoms with van der Waals surface area (Å²) >= 11 is 0. The zero-order chi connectivity index (χ0) is 12.0. The van der Waals surface area contributed by atoms with Gasteiger partial charge in [-0.25, -0.2) is 0 Å². The molecule has 1 fully saturated rings. The van der Waals surface area contributed by atoms with Gasteiger partial charge in [-0.15, -0.1) is 0 Å². The molecule has 0 aromatic rings. The van der Waals surface area contributed by atoms with Crippen molar-refractivity contribution in [3.05, 3.63) is 0 Å². The van der Waals surface area contributed by atoms with Gasteiger partial charge in [0.1, 0.15) is 0 Å². The zero-order valence-corrected chi connectivity index (χ0v) is 9.48. The van der Waals surface area contributed by atoms with Crippen LogP contribution in [0.3, 0.4) is 0 Å². The van der Waals surface area contributed by atoms with Gasteiger partial charge in [0.2, 0.25) is 5.91 Å². The van der Waals surface area contributed by atoms with Crippen molar-refractivity contribution in [1.82, 2.24) is 5.32 Å². The van der Waals surface area contributed by atoms with Crippen LogP contribution in [0.25, 0.3) is 0 Å². The molecular formula is C10H19N3O3. The minimum atomic E-state index is -0.457. The van der Waals surface area contributed by atoms with Crippen LogP contribution in [0.1, 0.15) is 32.6 Å². The largest absolute Gasteiger partial charge is 0.409 e. The van der Waals surface area contributed by atoms with Crippen molar-refractivity contribution >= 4 is 11.7 Å². The monoisotopic (exact) mass is 229 g/mol. The Kier molecular flexibility index (Phi) is 5.04. The van der Waals surface area contributed by atoms with Crippen LogP contribution in [0.4, 0.5) is 0 Å². The number of amides is 1. The maximum Gasteiger partial charge on any atom is 0.223 e. The normalized spacial score (nSPS) is 23.8. The molecule has 6 heteroatoms. The van der Waals surface area contributed by atoms with Crippen molar-refractivity contribution in [3.8, 4) is 0 Å². The SMILES string of the molecule is CC(NC(=O)CC1CCCCO1)C(N)=NO. The summed E-state index contributed by atoms with van der Waals surface area (Å²) < 4.78 is 5.45. The van der Waals surface area contributed by atoms with E-state index in [1.54, 1.807) is 6.92 Å². The molecule has 2 unspecified atom stereocenters. The number of ether oxygens (including phenoxy) is 1. The standard InChI is InChI=1S/C10H19N3O3/c1-7(10(11)13-15)12-9(14)6-8-4-2-3-5-16-8/h7-8,15H,2-6H2,1H3,(H2,11,13)(H,12,14). The van der Waals surface area contributed by atoms with Gasteiger partial charge in [-0.05, 0) is 26.2 Å². The predicted molar refractivity (Wildman–Crippen MR) is 59.2 cm³/mol. The first-order chi connectivity index (χ1) is 7.63. The molecule has 1 aliphatic rings. The number of carbonyl (C=O) groups is 1. The summed E-state index contributed by atoms with van der Waals surface area (Å²) in [4.78, 5) is 11.6. The maximum absolute atomic E-state index is 11.6. The molecule has 1 saturated heterocycles. The Hall–Kier alpha value is -1.30. The van der Waals surface area contributed by atoms with E-state index >= 15 is 0 Å². The van der Waals surface area contributed by atoms with Crippen molar-refractivity contribution in [2.75, 3.05) is 6.61 Å². The number of hydrogen-bond acceptors (Lipinski definition) is 4. The number of carbonyl (C=O) groups excluding carboxylic acids is 1. The summed E-state index contributed by atoms with van der Waals surface area (Å²) in [6.45, 7) is 2.39. The lowest BCUT2D eigenvalue weighted by molar-refractivity contribution is -0.125. The molecule has 1 aliphatic heterocycles. The Morgan fingerprint density at radius 1 is 1.69 bits per heavy atom. The molecule has 0 saturated carbocycles. The van der Waals surface area contributed by atoms with Crippen LogP contribution in [-0.4, -0.2) is 35.7 Å². The third-order valence-electron chi connectivity index (χ3n) is 2.62.